The summed E-state index contributed by atoms with van der Waals surface area (Å²) in [6.45, 7) is 4.22. The van der Waals surface area contributed by atoms with Crippen molar-refractivity contribution in [2.45, 2.75) is 38.9 Å². The van der Waals surface area contributed by atoms with Crippen LogP contribution < -0.4 is 15.4 Å². The Kier molecular flexibility index (Phi) is 10.9. The maximum atomic E-state index is 14.5. The fourth-order valence-electron chi connectivity index (χ4n) is 3.88. The number of carbonyl (C=O) groups is 2. The molecule has 0 fully saturated rings. The van der Waals surface area contributed by atoms with Crippen LogP contribution in [0.15, 0.2) is 54.6 Å². The van der Waals surface area contributed by atoms with Crippen LogP contribution in [0, 0.1) is 11.7 Å². The van der Waals surface area contributed by atoms with Crippen LogP contribution in [-0.4, -0.2) is 36.2 Å². The third-order valence-electron chi connectivity index (χ3n) is 6.48. The molecule has 0 aliphatic heterocycles. The lowest BCUT2D eigenvalue weighted by atomic mass is 9.99. The van der Waals surface area contributed by atoms with Crippen molar-refractivity contribution in [3.05, 3.63) is 81.6 Å². The molecule has 1 amide bonds. The van der Waals surface area contributed by atoms with E-state index in [1.165, 1.54) is 12.1 Å². The van der Waals surface area contributed by atoms with Crippen LogP contribution >= 0.6 is 23.2 Å². The molecular weight excluding hydrogens is 587 g/mol. The molecule has 0 aromatic heterocycles. The highest BCUT2D eigenvalue weighted by Gasteiger charge is 2.31. The summed E-state index contributed by atoms with van der Waals surface area (Å²) in [6.07, 6.45) is -4.05. The average molecular weight is 615 g/mol. The monoisotopic (exact) mass is 614 g/mol. The summed E-state index contributed by atoms with van der Waals surface area (Å²) in [7, 11) is 0. The van der Waals surface area contributed by atoms with Gasteiger partial charge in [0.1, 0.15) is 18.2 Å². The van der Waals surface area contributed by atoms with Crippen molar-refractivity contribution in [2.24, 2.45) is 5.92 Å². The molecule has 41 heavy (non-hydrogen) atoms. The number of carbonyl (C=O) groups excluding carboxylic acids is 1. The first-order chi connectivity index (χ1) is 19.3. The number of hydrogen-bond acceptors (Lipinski definition) is 4. The Morgan fingerprint density at radius 1 is 1.00 bits per heavy atom. The molecule has 0 radical (unpaired) electrons. The second-order valence-corrected chi connectivity index (χ2v) is 10.2. The lowest BCUT2D eigenvalue weighted by molar-refractivity contribution is -0.138. The van der Waals surface area contributed by atoms with E-state index in [0.717, 1.165) is 24.2 Å². The molecule has 0 spiro atoms. The van der Waals surface area contributed by atoms with Crippen LogP contribution in [0.4, 0.5) is 23.2 Å². The minimum Gasteiger partial charge on any atom is -0.490 e. The van der Waals surface area contributed by atoms with E-state index < -0.39 is 23.5 Å². The molecule has 0 aliphatic rings. The van der Waals surface area contributed by atoms with Gasteiger partial charge in [-0.25, -0.2) is 4.39 Å². The molecule has 2 atom stereocenters. The molecule has 0 saturated carbocycles. The number of amides is 1. The molecule has 3 N–H and O–H groups in total. The predicted octanol–water partition coefficient (Wildman–Crippen LogP) is 7.93. The predicted molar refractivity (Wildman–Crippen MR) is 150 cm³/mol. The number of benzene rings is 3. The van der Waals surface area contributed by atoms with Crippen LogP contribution in [0.3, 0.4) is 0 Å². The molecule has 3 aromatic carbocycles. The van der Waals surface area contributed by atoms with Crippen LogP contribution in [0.1, 0.15) is 42.6 Å². The van der Waals surface area contributed by atoms with Crippen molar-refractivity contribution in [1.82, 2.24) is 5.32 Å². The van der Waals surface area contributed by atoms with Gasteiger partial charge in [-0.05, 0) is 48.4 Å². The average Bonchev–Trinajstić information content (AvgIpc) is 2.91. The quantitative estimate of drug-likeness (QED) is 0.180. The number of hydrogen-bond donors (Lipinski definition) is 3. The number of carboxylic acids is 1. The minimum absolute atomic E-state index is 0.0223. The van der Waals surface area contributed by atoms with Crippen molar-refractivity contribution >= 4 is 40.8 Å². The molecule has 0 unspecified atom stereocenters. The number of halogens is 6. The summed E-state index contributed by atoms with van der Waals surface area (Å²) in [5, 5.41) is 14.8. The summed E-state index contributed by atoms with van der Waals surface area (Å²) < 4.78 is 59.2. The first kappa shape index (κ1) is 32.0. The van der Waals surface area contributed by atoms with Gasteiger partial charge in [-0.1, -0.05) is 49.5 Å². The lowest BCUT2D eigenvalue weighted by Gasteiger charge is -2.26. The molecule has 12 heteroatoms. The number of ether oxygens (including phenoxy) is 1. The standard InChI is InChI=1S/C29H28Cl2F4N2O4/c1-3-16(2)25(37-19-7-4-17(5-8-19)28(40)36-11-10-27(38)39)15-41-26-14-22(30)21(13-23(26)31)20-9-6-18(12-24(20)32)29(33,34)35/h4-9,12-14,16,25,37H,3,10-11,15H2,1-2H3,(H,36,40)(H,38,39)/t16-,25+/m0/s1. The zero-order valence-corrected chi connectivity index (χ0v) is 23.6. The second-order valence-electron chi connectivity index (χ2n) is 9.38. The van der Waals surface area contributed by atoms with Crippen molar-refractivity contribution in [3.8, 4) is 16.9 Å². The highest BCUT2D eigenvalue weighted by atomic mass is 35.5. The van der Waals surface area contributed by atoms with Gasteiger partial charge >= 0.3 is 12.1 Å². The summed E-state index contributed by atoms with van der Waals surface area (Å²) in [5.74, 6) is -2.11. The Morgan fingerprint density at radius 2 is 1.68 bits per heavy atom. The number of carboxylic acid groups (broad SMARTS) is 1. The van der Waals surface area contributed by atoms with E-state index in [0.29, 0.717) is 11.6 Å². The number of aliphatic carboxylic acids is 1. The minimum atomic E-state index is -4.68. The van der Waals surface area contributed by atoms with Crippen molar-refractivity contribution in [1.29, 1.82) is 0 Å². The van der Waals surface area contributed by atoms with Gasteiger partial charge in [0.25, 0.3) is 5.91 Å². The molecule has 0 saturated heterocycles. The fraction of sp³-hybridized carbons (Fsp3) is 0.310. The molecule has 0 aliphatic carbocycles. The first-order valence-electron chi connectivity index (χ1n) is 12.7. The number of rotatable bonds is 12. The van der Waals surface area contributed by atoms with Crippen molar-refractivity contribution in [2.75, 3.05) is 18.5 Å². The van der Waals surface area contributed by atoms with E-state index in [1.807, 2.05) is 13.8 Å². The first-order valence-corrected chi connectivity index (χ1v) is 13.4. The summed E-state index contributed by atoms with van der Waals surface area (Å²) in [6, 6.07) is 11.4. The highest BCUT2D eigenvalue weighted by Crippen LogP contribution is 2.39. The maximum absolute atomic E-state index is 14.5. The van der Waals surface area contributed by atoms with Gasteiger partial charge in [0.05, 0.1) is 28.1 Å². The molecular formula is C29H28Cl2F4N2O4. The molecule has 3 rings (SSSR count). The van der Waals surface area contributed by atoms with Gasteiger partial charge in [0.15, 0.2) is 0 Å². The lowest BCUT2D eigenvalue weighted by Crippen LogP contribution is -2.33. The largest absolute Gasteiger partial charge is 0.490 e. The Hall–Kier alpha value is -3.50. The molecule has 0 heterocycles. The smallest absolute Gasteiger partial charge is 0.416 e. The molecule has 0 bridgehead atoms. The number of alkyl halides is 3. The third-order valence-corrected chi connectivity index (χ3v) is 7.09. The van der Waals surface area contributed by atoms with E-state index >= 15 is 0 Å². The van der Waals surface area contributed by atoms with Crippen molar-refractivity contribution in [3.63, 3.8) is 0 Å². The van der Waals surface area contributed by atoms with E-state index in [2.05, 4.69) is 10.6 Å². The Morgan fingerprint density at radius 3 is 2.27 bits per heavy atom. The highest BCUT2D eigenvalue weighted by molar-refractivity contribution is 6.36. The molecule has 220 valence electrons. The van der Waals surface area contributed by atoms with Crippen LogP contribution in [0.5, 0.6) is 5.75 Å². The third kappa shape index (κ3) is 8.74. The van der Waals surface area contributed by atoms with Gasteiger partial charge in [-0.15, -0.1) is 0 Å². The fourth-order valence-corrected chi connectivity index (χ4v) is 4.36. The van der Waals surface area contributed by atoms with Crippen LogP contribution in [0.25, 0.3) is 11.1 Å². The van der Waals surface area contributed by atoms with E-state index in [4.69, 9.17) is 33.0 Å². The Balaban J connectivity index is 1.71. The van der Waals surface area contributed by atoms with Gasteiger partial charge in [-0.3, -0.25) is 9.59 Å². The summed E-state index contributed by atoms with van der Waals surface area (Å²) >= 11 is 12.7. The van der Waals surface area contributed by atoms with Gasteiger partial charge < -0.3 is 20.5 Å². The van der Waals surface area contributed by atoms with E-state index in [-0.39, 0.29) is 64.4 Å². The molecule has 6 nitrogen and oxygen atoms in total. The summed E-state index contributed by atoms with van der Waals surface area (Å²) in [5.41, 5.74) is -0.0202. The van der Waals surface area contributed by atoms with E-state index in [1.54, 1.807) is 24.3 Å². The van der Waals surface area contributed by atoms with Crippen LogP contribution in [-0.2, 0) is 11.0 Å². The molecule has 3 aromatic rings. The van der Waals surface area contributed by atoms with Crippen molar-refractivity contribution < 1.29 is 37.0 Å². The zero-order chi connectivity index (χ0) is 30.3. The second kappa shape index (κ2) is 13.9. The Bertz CT molecular complexity index is 1380. The summed E-state index contributed by atoms with van der Waals surface area (Å²) in [4.78, 5) is 22.8. The van der Waals surface area contributed by atoms with Gasteiger partial charge in [0, 0.05) is 35.0 Å². The van der Waals surface area contributed by atoms with E-state index in [9.17, 15) is 27.2 Å². The normalized spacial score (nSPS) is 12.9. The van der Waals surface area contributed by atoms with Crippen LogP contribution in [0.2, 0.25) is 10.0 Å². The maximum Gasteiger partial charge on any atom is 0.416 e. The van der Waals surface area contributed by atoms with Gasteiger partial charge in [-0.2, -0.15) is 13.2 Å². The zero-order valence-electron chi connectivity index (χ0n) is 22.1. The number of nitrogens with one attached hydrogen (secondary N) is 2. The number of anilines is 1. The SMILES string of the molecule is CC[C@H](C)[C@@H](COc1cc(Cl)c(-c2ccc(C(F)(F)F)cc2F)cc1Cl)Nc1ccc(C(=O)NCCC(=O)O)cc1. The van der Waals surface area contributed by atoms with Gasteiger partial charge in [0.2, 0.25) is 0 Å². The Labute approximate surface area is 244 Å². The topological polar surface area (TPSA) is 87.7 Å².